The number of azo groups is 1. The molecule has 0 aliphatic carbocycles. The van der Waals surface area contributed by atoms with Crippen molar-refractivity contribution in [2.45, 2.75) is 13.8 Å². The fourth-order valence-electron chi connectivity index (χ4n) is 1.48. The molecule has 0 spiro atoms. The van der Waals surface area contributed by atoms with E-state index in [1.165, 1.54) is 6.92 Å². The molecule has 0 saturated heterocycles. The predicted octanol–water partition coefficient (Wildman–Crippen LogP) is 2.52. The zero-order chi connectivity index (χ0) is 17.6. The van der Waals surface area contributed by atoms with E-state index in [0.717, 1.165) is 18.2 Å². The molecule has 0 atom stereocenters. The van der Waals surface area contributed by atoms with Gasteiger partial charge in [0.2, 0.25) is 5.70 Å². The molecule has 0 unspecified atom stereocenters. The number of esters is 1. The molecule has 9 heteroatoms. The van der Waals surface area contributed by atoms with Gasteiger partial charge in [0.1, 0.15) is 5.76 Å². The van der Waals surface area contributed by atoms with Crippen LogP contribution < -0.4 is 0 Å². The van der Waals surface area contributed by atoms with Crippen LogP contribution in [-0.4, -0.2) is 39.8 Å². The Morgan fingerprint density at radius 3 is 1.96 bits per heavy atom. The molecule has 1 aromatic rings. The first-order chi connectivity index (χ1) is 10.8. The SMILES string of the molecule is CCOC(=O)/C(N=Nc1cc(C(=O)O)cc(C(=O)O)c1)=C(/C)O. The fourth-order valence-corrected chi connectivity index (χ4v) is 1.48. The lowest BCUT2D eigenvalue weighted by atomic mass is 10.1. The summed E-state index contributed by atoms with van der Waals surface area (Å²) in [6.07, 6.45) is 0. The molecule has 0 amide bonds. The second-order valence-corrected chi connectivity index (χ2v) is 4.23. The second-order valence-electron chi connectivity index (χ2n) is 4.23. The van der Waals surface area contributed by atoms with E-state index in [0.29, 0.717) is 0 Å². The number of aliphatic hydroxyl groups excluding tert-OH is 1. The minimum Gasteiger partial charge on any atom is -0.510 e. The Bertz CT molecular complexity index is 671. The summed E-state index contributed by atoms with van der Waals surface area (Å²) in [5.41, 5.74) is -1.18. The van der Waals surface area contributed by atoms with Crippen LogP contribution in [0.1, 0.15) is 34.6 Å². The molecular formula is C14H14N2O7. The average Bonchev–Trinajstić information content (AvgIpc) is 2.46. The molecular weight excluding hydrogens is 308 g/mol. The molecule has 9 nitrogen and oxygen atoms in total. The number of rotatable bonds is 6. The highest BCUT2D eigenvalue weighted by Crippen LogP contribution is 2.20. The first-order valence-electron chi connectivity index (χ1n) is 6.36. The number of carbonyl (C=O) groups is 3. The number of ether oxygens (including phenoxy) is 1. The van der Waals surface area contributed by atoms with Gasteiger partial charge in [0.25, 0.3) is 0 Å². The van der Waals surface area contributed by atoms with E-state index in [2.05, 4.69) is 15.0 Å². The molecule has 0 bridgehead atoms. The highest BCUT2D eigenvalue weighted by molar-refractivity contribution is 5.95. The number of hydrogen-bond donors (Lipinski definition) is 3. The third kappa shape index (κ3) is 4.92. The molecule has 0 saturated carbocycles. The molecule has 0 heterocycles. The summed E-state index contributed by atoms with van der Waals surface area (Å²) in [6, 6.07) is 3.12. The van der Waals surface area contributed by atoms with E-state index in [1.54, 1.807) is 6.92 Å². The van der Waals surface area contributed by atoms with Gasteiger partial charge >= 0.3 is 17.9 Å². The van der Waals surface area contributed by atoms with Crippen LogP contribution >= 0.6 is 0 Å². The molecule has 1 rings (SSSR count). The Morgan fingerprint density at radius 1 is 1.04 bits per heavy atom. The molecule has 0 aliphatic rings. The first-order valence-corrected chi connectivity index (χ1v) is 6.36. The number of carboxylic acids is 2. The number of carbonyl (C=O) groups excluding carboxylic acids is 1. The monoisotopic (exact) mass is 322 g/mol. The maximum absolute atomic E-state index is 11.6. The Hall–Kier alpha value is -3.23. The van der Waals surface area contributed by atoms with Crippen LogP contribution in [0.5, 0.6) is 0 Å². The van der Waals surface area contributed by atoms with Crippen molar-refractivity contribution in [3.8, 4) is 0 Å². The summed E-state index contributed by atoms with van der Waals surface area (Å²) in [6.45, 7) is 2.82. The van der Waals surface area contributed by atoms with Crippen molar-refractivity contribution in [1.29, 1.82) is 0 Å². The van der Waals surface area contributed by atoms with Gasteiger partial charge < -0.3 is 20.1 Å². The normalized spacial score (nSPS) is 11.9. The summed E-state index contributed by atoms with van der Waals surface area (Å²) < 4.78 is 4.68. The van der Waals surface area contributed by atoms with E-state index < -0.39 is 29.4 Å². The molecule has 122 valence electrons. The predicted molar refractivity (Wildman–Crippen MR) is 76.8 cm³/mol. The fraction of sp³-hybridized carbons (Fsp3) is 0.214. The lowest BCUT2D eigenvalue weighted by Crippen LogP contribution is -2.07. The maximum atomic E-state index is 11.6. The number of hydrogen-bond acceptors (Lipinski definition) is 7. The molecule has 0 fully saturated rings. The van der Waals surface area contributed by atoms with Gasteiger partial charge in [0.15, 0.2) is 0 Å². The van der Waals surface area contributed by atoms with E-state index in [-0.39, 0.29) is 23.4 Å². The largest absolute Gasteiger partial charge is 0.510 e. The van der Waals surface area contributed by atoms with Gasteiger partial charge in [-0.1, -0.05) is 0 Å². The molecule has 1 aromatic carbocycles. The zero-order valence-corrected chi connectivity index (χ0v) is 12.3. The van der Waals surface area contributed by atoms with Crippen LogP contribution in [-0.2, 0) is 9.53 Å². The number of benzene rings is 1. The van der Waals surface area contributed by atoms with Gasteiger partial charge in [-0.25, -0.2) is 14.4 Å². The molecule has 0 aliphatic heterocycles. The van der Waals surface area contributed by atoms with Crippen LogP contribution in [0.25, 0.3) is 0 Å². The highest BCUT2D eigenvalue weighted by atomic mass is 16.5. The van der Waals surface area contributed by atoms with Gasteiger partial charge in [-0.15, -0.1) is 5.11 Å². The van der Waals surface area contributed by atoms with Crippen molar-refractivity contribution in [3.05, 3.63) is 40.8 Å². The standard InChI is InChI=1S/C14H14N2O7/c1-3-23-14(22)11(7(2)17)16-15-10-5-8(12(18)19)4-9(6-10)13(20)21/h4-6,17H,3H2,1-2H3,(H,18,19)(H,20,21)/b11-7+,16-15?. The van der Waals surface area contributed by atoms with Crippen molar-refractivity contribution in [1.82, 2.24) is 0 Å². The van der Waals surface area contributed by atoms with Crippen LogP contribution in [0.2, 0.25) is 0 Å². The topological polar surface area (TPSA) is 146 Å². The summed E-state index contributed by atoms with van der Waals surface area (Å²) in [4.78, 5) is 33.5. The Balaban J connectivity index is 3.25. The van der Waals surface area contributed by atoms with Gasteiger partial charge in [0.05, 0.1) is 23.4 Å². The van der Waals surface area contributed by atoms with E-state index in [4.69, 9.17) is 10.2 Å². The summed E-state index contributed by atoms with van der Waals surface area (Å²) in [7, 11) is 0. The van der Waals surface area contributed by atoms with Crippen molar-refractivity contribution >= 4 is 23.6 Å². The number of nitrogens with zero attached hydrogens (tertiary/aromatic N) is 2. The van der Waals surface area contributed by atoms with Crippen LogP contribution in [0.3, 0.4) is 0 Å². The van der Waals surface area contributed by atoms with Crippen molar-refractivity contribution in [2.24, 2.45) is 10.2 Å². The third-order valence-corrected chi connectivity index (χ3v) is 2.49. The van der Waals surface area contributed by atoms with Crippen molar-refractivity contribution in [3.63, 3.8) is 0 Å². The Morgan fingerprint density at radius 2 is 1.57 bits per heavy atom. The summed E-state index contributed by atoms with van der Waals surface area (Å²) in [5, 5.41) is 34.4. The summed E-state index contributed by atoms with van der Waals surface area (Å²) >= 11 is 0. The van der Waals surface area contributed by atoms with Gasteiger partial charge in [0, 0.05) is 0 Å². The number of aliphatic hydroxyl groups is 1. The average molecular weight is 322 g/mol. The van der Waals surface area contributed by atoms with E-state index in [1.807, 2.05) is 0 Å². The summed E-state index contributed by atoms with van der Waals surface area (Å²) in [5.74, 6) is -4.04. The number of carboxylic acid groups (broad SMARTS) is 2. The smallest absolute Gasteiger partial charge is 0.362 e. The quantitative estimate of drug-likeness (QED) is 0.315. The van der Waals surface area contributed by atoms with Gasteiger partial charge in [-0.05, 0) is 32.0 Å². The minimum absolute atomic E-state index is 0.0583. The maximum Gasteiger partial charge on any atom is 0.362 e. The second kappa shape index (κ2) is 7.69. The van der Waals surface area contributed by atoms with Crippen LogP contribution in [0, 0.1) is 0 Å². The van der Waals surface area contributed by atoms with E-state index in [9.17, 15) is 19.5 Å². The Kier molecular flexibility index (Phi) is 5.95. The van der Waals surface area contributed by atoms with Gasteiger partial charge in [-0.3, -0.25) is 0 Å². The Labute approximate surface area is 130 Å². The van der Waals surface area contributed by atoms with Crippen molar-refractivity contribution < 1.29 is 34.4 Å². The number of aromatic carboxylic acids is 2. The molecule has 0 radical (unpaired) electrons. The van der Waals surface area contributed by atoms with Gasteiger partial charge in [-0.2, -0.15) is 5.11 Å². The zero-order valence-electron chi connectivity index (χ0n) is 12.3. The van der Waals surface area contributed by atoms with Crippen LogP contribution in [0.4, 0.5) is 5.69 Å². The number of allylic oxidation sites excluding steroid dienone is 1. The highest BCUT2D eigenvalue weighted by Gasteiger charge is 2.15. The molecule has 0 aromatic heterocycles. The molecule has 3 N–H and O–H groups in total. The van der Waals surface area contributed by atoms with E-state index >= 15 is 0 Å². The first kappa shape index (κ1) is 17.8. The lowest BCUT2D eigenvalue weighted by Gasteiger charge is -2.03. The van der Waals surface area contributed by atoms with Crippen LogP contribution in [0.15, 0.2) is 39.9 Å². The third-order valence-electron chi connectivity index (χ3n) is 2.49. The van der Waals surface area contributed by atoms with Crippen molar-refractivity contribution in [2.75, 3.05) is 6.61 Å². The lowest BCUT2D eigenvalue weighted by molar-refractivity contribution is -0.138. The minimum atomic E-state index is -1.34. The molecule has 23 heavy (non-hydrogen) atoms.